The average Bonchev–Trinajstić information content (AvgIpc) is 3.80. The van der Waals surface area contributed by atoms with E-state index in [1.54, 1.807) is 6.08 Å². The van der Waals surface area contributed by atoms with Gasteiger partial charge in [-0.05, 0) is 67.1 Å². The molecule has 1 aliphatic carbocycles. The van der Waals surface area contributed by atoms with Crippen molar-refractivity contribution in [2.75, 3.05) is 39.9 Å². The Morgan fingerprint density at radius 3 is 2.26 bits per heavy atom. The molecular weight excluding hydrogens is 490 g/mol. The van der Waals surface area contributed by atoms with Crippen molar-refractivity contribution >= 4 is 18.0 Å². The first kappa shape index (κ1) is 30.0. The molecule has 5 N–H and O–H groups in total. The molecule has 1 saturated carbocycles. The standard InChI is InChI=1S/C23H28N4O.C8H13NO2/c1-15(23(28)27-22(25)13-21(24)20-11-12-20)17-7-9-19(10-8-17)18-5-3-16(4-6-18)14-26-2;10-6-2-1-3-9-4-7-11-8-5-9/h3-10,13,15,20,26H,11-12,14,24H2,1-2H3,(H2,25,27,28);1-2,6H,3-5,7-8H2/b21-13-;2-1+. The molecular formula is C31H41N5O3. The summed E-state index contributed by atoms with van der Waals surface area (Å²) in [5.41, 5.74) is 16.9. The number of carbonyl (C=O) groups is 2. The number of ether oxygens (including phenoxy) is 1. The van der Waals surface area contributed by atoms with Crippen LogP contribution in [-0.4, -0.2) is 62.8 Å². The lowest BCUT2D eigenvalue weighted by Gasteiger charge is -2.24. The third kappa shape index (κ3) is 10.2. The summed E-state index contributed by atoms with van der Waals surface area (Å²) in [5.74, 6) is -0.0386. The molecule has 0 spiro atoms. The zero-order valence-electron chi connectivity index (χ0n) is 23.0. The van der Waals surface area contributed by atoms with Gasteiger partial charge in [0.1, 0.15) is 12.1 Å². The minimum absolute atomic E-state index is 0.180. The van der Waals surface area contributed by atoms with Crippen molar-refractivity contribution in [1.29, 1.82) is 0 Å². The molecule has 1 aliphatic heterocycles. The SMILES string of the molecule is CNCc1ccc(-c2ccc(C(C)C(=O)N=C(N)/C=C(\N)C3CC3)cc2)cc1.O=C/C=C/CN1CCOCC1. The van der Waals surface area contributed by atoms with Crippen LogP contribution in [0.1, 0.15) is 36.8 Å². The van der Waals surface area contributed by atoms with Gasteiger partial charge in [0, 0.05) is 31.9 Å². The second-order valence-corrected chi connectivity index (χ2v) is 9.84. The van der Waals surface area contributed by atoms with Crippen molar-refractivity contribution in [3.63, 3.8) is 0 Å². The minimum Gasteiger partial charge on any atom is -0.402 e. The molecule has 4 rings (SSSR count). The molecule has 8 nitrogen and oxygen atoms in total. The number of hydrogen-bond donors (Lipinski definition) is 3. The van der Waals surface area contributed by atoms with Gasteiger partial charge in [-0.1, -0.05) is 54.6 Å². The van der Waals surface area contributed by atoms with Gasteiger partial charge in [-0.15, -0.1) is 0 Å². The molecule has 1 unspecified atom stereocenters. The van der Waals surface area contributed by atoms with Gasteiger partial charge in [0.2, 0.25) is 0 Å². The van der Waals surface area contributed by atoms with Crippen molar-refractivity contribution in [3.8, 4) is 11.1 Å². The first-order chi connectivity index (χ1) is 18.9. The molecule has 208 valence electrons. The monoisotopic (exact) mass is 531 g/mol. The Kier molecular flexibility index (Phi) is 12.1. The summed E-state index contributed by atoms with van der Waals surface area (Å²) in [6, 6.07) is 16.5. The summed E-state index contributed by atoms with van der Waals surface area (Å²) in [4.78, 5) is 28.6. The van der Waals surface area contributed by atoms with Crippen LogP contribution in [0.5, 0.6) is 0 Å². The summed E-state index contributed by atoms with van der Waals surface area (Å²) in [6.45, 7) is 7.14. The number of amides is 1. The number of carbonyl (C=O) groups excluding carboxylic acids is 2. The van der Waals surface area contributed by atoms with E-state index in [9.17, 15) is 9.59 Å². The lowest BCUT2D eigenvalue weighted by molar-refractivity contribution is -0.118. The highest BCUT2D eigenvalue weighted by Gasteiger charge is 2.24. The highest BCUT2D eigenvalue weighted by atomic mass is 16.5. The third-order valence-corrected chi connectivity index (χ3v) is 6.73. The molecule has 1 heterocycles. The first-order valence-electron chi connectivity index (χ1n) is 13.5. The maximum absolute atomic E-state index is 12.4. The maximum Gasteiger partial charge on any atom is 0.254 e. The van der Waals surface area contributed by atoms with Crippen LogP contribution in [0.15, 0.2) is 77.4 Å². The quantitative estimate of drug-likeness (QED) is 0.186. The first-order valence-corrected chi connectivity index (χ1v) is 13.5. The molecule has 2 aromatic carbocycles. The Bertz CT molecular complexity index is 1150. The number of morpholine rings is 1. The highest BCUT2D eigenvalue weighted by Crippen LogP contribution is 2.33. The van der Waals surface area contributed by atoms with Crippen molar-refractivity contribution < 1.29 is 14.3 Å². The van der Waals surface area contributed by atoms with E-state index in [1.807, 2.05) is 44.3 Å². The molecule has 39 heavy (non-hydrogen) atoms. The van der Waals surface area contributed by atoms with Crippen LogP contribution in [0.25, 0.3) is 11.1 Å². The number of rotatable bonds is 10. The second kappa shape index (κ2) is 15.7. The fourth-order valence-corrected chi connectivity index (χ4v) is 4.14. The predicted molar refractivity (Wildman–Crippen MR) is 157 cm³/mol. The Morgan fingerprint density at radius 2 is 1.69 bits per heavy atom. The number of nitrogens with zero attached hydrogens (tertiary/aromatic N) is 2. The zero-order valence-corrected chi connectivity index (χ0v) is 23.0. The van der Waals surface area contributed by atoms with Gasteiger partial charge in [0.05, 0.1) is 19.1 Å². The molecule has 1 amide bonds. The van der Waals surface area contributed by atoms with Crippen LogP contribution in [0.4, 0.5) is 0 Å². The number of hydrogen-bond acceptors (Lipinski definition) is 6. The molecule has 2 aromatic rings. The molecule has 1 atom stereocenters. The number of amidine groups is 1. The van der Waals surface area contributed by atoms with Crippen molar-refractivity contribution in [2.24, 2.45) is 22.4 Å². The number of allylic oxidation sites excluding steroid dienone is 2. The van der Waals surface area contributed by atoms with Gasteiger partial charge in [-0.2, -0.15) is 4.99 Å². The summed E-state index contributed by atoms with van der Waals surface area (Å²) in [6.07, 6.45) is 8.01. The van der Waals surface area contributed by atoms with Crippen LogP contribution >= 0.6 is 0 Å². The molecule has 0 aromatic heterocycles. The number of nitrogens with one attached hydrogen (secondary N) is 1. The van der Waals surface area contributed by atoms with Gasteiger partial charge in [0.25, 0.3) is 5.91 Å². The van der Waals surface area contributed by atoms with Gasteiger partial charge in [-0.25, -0.2) is 0 Å². The van der Waals surface area contributed by atoms with Gasteiger partial charge in [-0.3, -0.25) is 14.5 Å². The van der Waals surface area contributed by atoms with E-state index >= 15 is 0 Å². The maximum atomic E-state index is 12.4. The van der Waals surface area contributed by atoms with Gasteiger partial charge < -0.3 is 21.5 Å². The molecule has 0 radical (unpaired) electrons. The summed E-state index contributed by atoms with van der Waals surface area (Å²) in [7, 11) is 1.94. The van der Waals surface area contributed by atoms with E-state index in [4.69, 9.17) is 16.2 Å². The fourth-order valence-electron chi connectivity index (χ4n) is 4.14. The number of aliphatic imine (C=N–C) groups is 1. The van der Waals surface area contributed by atoms with E-state index in [-0.39, 0.29) is 17.7 Å². The number of aldehydes is 1. The van der Waals surface area contributed by atoms with Gasteiger partial charge >= 0.3 is 0 Å². The Morgan fingerprint density at radius 1 is 1.08 bits per heavy atom. The van der Waals surface area contributed by atoms with E-state index in [0.29, 0.717) is 11.6 Å². The molecule has 2 fully saturated rings. The van der Waals surface area contributed by atoms with Crippen LogP contribution in [0.3, 0.4) is 0 Å². The molecule has 8 heteroatoms. The van der Waals surface area contributed by atoms with E-state index < -0.39 is 0 Å². The molecule has 2 aliphatic rings. The van der Waals surface area contributed by atoms with E-state index in [0.717, 1.165) is 75.2 Å². The van der Waals surface area contributed by atoms with Crippen molar-refractivity contribution in [2.45, 2.75) is 32.2 Å². The smallest absolute Gasteiger partial charge is 0.254 e. The Hall–Kier alpha value is -3.59. The molecule has 0 bridgehead atoms. The lowest BCUT2D eigenvalue weighted by atomic mass is 9.96. The average molecular weight is 532 g/mol. The number of benzene rings is 2. The van der Waals surface area contributed by atoms with Crippen LogP contribution in [0.2, 0.25) is 0 Å². The minimum atomic E-state index is -0.360. The summed E-state index contributed by atoms with van der Waals surface area (Å²) >= 11 is 0. The zero-order chi connectivity index (χ0) is 28.0. The molecule has 1 saturated heterocycles. The van der Waals surface area contributed by atoms with Crippen LogP contribution < -0.4 is 16.8 Å². The second-order valence-electron chi connectivity index (χ2n) is 9.84. The van der Waals surface area contributed by atoms with Crippen LogP contribution in [-0.2, 0) is 20.9 Å². The van der Waals surface area contributed by atoms with Crippen molar-refractivity contribution in [1.82, 2.24) is 10.2 Å². The third-order valence-electron chi connectivity index (χ3n) is 6.73. The van der Waals surface area contributed by atoms with E-state index in [2.05, 4.69) is 39.5 Å². The summed E-state index contributed by atoms with van der Waals surface area (Å²) in [5, 5.41) is 3.14. The van der Waals surface area contributed by atoms with Crippen LogP contribution in [0, 0.1) is 5.92 Å². The normalized spacial score (nSPS) is 17.4. The van der Waals surface area contributed by atoms with E-state index in [1.165, 1.54) is 11.6 Å². The summed E-state index contributed by atoms with van der Waals surface area (Å²) < 4.78 is 5.17. The lowest BCUT2D eigenvalue weighted by Crippen LogP contribution is -2.36. The van der Waals surface area contributed by atoms with Crippen molar-refractivity contribution in [3.05, 3.63) is 83.6 Å². The topological polar surface area (TPSA) is 123 Å². The Balaban J connectivity index is 0.000000320. The number of nitrogens with two attached hydrogens (primary N) is 2. The largest absolute Gasteiger partial charge is 0.402 e. The Labute approximate surface area is 231 Å². The fraction of sp³-hybridized carbons (Fsp3) is 0.387. The highest BCUT2D eigenvalue weighted by molar-refractivity contribution is 6.02. The van der Waals surface area contributed by atoms with Gasteiger partial charge in [0.15, 0.2) is 0 Å². The predicted octanol–water partition coefficient (Wildman–Crippen LogP) is 3.39.